The molecule has 0 radical (unpaired) electrons. The third-order valence-corrected chi connectivity index (χ3v) is 2.65. The molecule has 84 valence electrons. The number of hydrogen-bond acceptors (Lipinski definition) is 4. The summed E-state index contributed by atoms with van der Waals surface area (Å²) in [4.78, 5) is 0. The summed E-state index contributed by atoms with van der Waals surface area (Å²) in [6, 6.07) is 6.30. The molecule has 0 fully saturated rings. The van der Waals surface area contributed by atoms with Gasteiger partial charge < -0.3 is 11.6 Å². The summed E-state index contributed by atoms with van der Waals surface area (Å²) in [7, 11) is 0. The Morgan fingerprint density at radius 1 is 1.25 bits per heavy atom. The van der Waals surface area contributed by atoms with Crippen molar-refractivity contribution in [2.45, 2.75) is 20.3 Å². The Morgan fingerprint density at radius 3 is 2.62 bits per heavy atom. The number of hydrogen-bond donors (Lipinski definition) is 2. The van der Waals surface area contributed by atoms with Gasteiger partial charge in [-0.05, 0) is 25.0 Å². The lowest BCUT2D eigenvalue weighted by Gasteiger charge is -2.06. The first-order chi connectivity index (χ1) is 7.58. The van der Waals surface area contributed by atoms with Gasteiger partial charge in [0.1, 0.15) is 0 Å². The summed E-state index contributed by atoms with van der Waals surface area (Å²) < 4.78 is 1.32. The average Bonchev–Trinajstić information content (AvgIpc) is 2.55. The topological polar surface area (TPSA) is 82.8 Å². The fraction of sp³-hybridized carbons (Fsp3) is 0.273. The Labute approximate surface area is 94.1 Å². The van der Waals surface area contributed by atoms with E-state index >= 15 is 0 Å². The zero-order valence-corrected chi connectivity index (χ0v) is 9.44. The standard InChI is InChI=1S/C11H15N5/c1-7-3-4-8(2)9(5-7)6-10-14-15-11(12)16(10)13/h3-5H,6,13H2,1-2H3,(H2,12,15). The molecule has 5 heteroatoms. The minimum absolute atomic E-state index is 0.236. The third-order valence-electron chi connectivity index (χ3n) is 2.65. The summed E-state index contributed by atoms with van der Waals surface area (Å²) in [5, 5.41) is 7.67. The monoisotopic (exact) mass is 217 g/mol. The lowest BCUT2D eigenvalue weighted by molar-refractivity contribution is 0.874. The second kappa shape index (κ2) is 3.84. The second-order valence-corrected chi connectivity index (χ2v) is 3.95. The minimum Gasteiger partial charge on any atom is -0.366 e. The number of aryl methyl sites for hydroxylation is 2. The fourth-order valence-corrected chi connectivity index (χ4v) is 1.62. The molecule has 1 heterocycles. The molecule has 0 aliphatic rings. The molecule has 0 aliphatic carbocycles. The third kappa shape index (κ3) is 1.84. The minimum atomic E-state index is 0.236. The van der Waals surface area contributed by atoms with Gasteiger partial charge in [-0.1, -0.05) is 23.8 Å². The van der Waals surface area contributed by atoms with Gasteiger partial charge in [-0.2, -0.15) is 0 Å². The molecule has 4 N–H and O–H groups in total. The molecule has 0 bridgehead atoms. The van der Waals surface area contributed by atoms with Gasteiger partial charge in [-0.15, -0.1) is 10.2 Å². The van der Waals surface area contributed by atoms with E-state index in [1.807, 2.05) is 0 Å². The largest absolute Gasteiger partial charge is 0.366 e. The van der Waals surface area contributed by atoms with Crippen molar-refractivity contribution in [3.8, 4) is 0 Å². The van der Waals surface area contributed by atoms with Crippen molar-refractivity contribution < 1.29 is 0 Å². The van der Waals surface area contributed by atoms with E-state index in [0.717, 1.165) is 0 Å². The number of nitrogens with zero attached hydrogens (tertiary/aromatic N) is 3. The Hall–Kier alpha value is -2.04. The van der Waals surface area contributed by atoms with E-state index in [4.69, 9.17) is 11.6 Å². The van der Waals surface area contributed by atoms with E-state index in [1.165, 1.54) is 21.4 Å². The molecule has 0 unspecified atom stereocenters. The highest BCUT2D eigenvalue weighted by Crippen LogP contribution is 2.14. The molecule has 1 aromatic carbocycles. The van der Waals surface area contributed by atoms with Crippen LogP contribution in [0.2, 0.25) is 0 Å². The number of nitrogen functional groups attached to an aromatic ring is 2. The number of rotatable bonds is 2. The van der Waals surface area contributed by atoms with E-state index < -0.39 is 0 Å². The van der Waals surface area contributed by atoms with E-state index in [1.54, 1.807) is 0 Å². The van der Waals surface area contributed by atoms with Gasteiger partial charge in [0.2, 0.25) is 5.95 Å². The summed E-state index contributed by atoms with van der Waals surface area (Å²) in [5.41, 5.74) is 9.15. The SMILES string of the molecule is Cc1ccc(C)c(Cc2nnc(N)n2N)c1. The molecular formula is C11H15N5. The molecule has 0 amide bonds. The first kappa shape index (κ1) is 10.5. The molecule has 0 saturated heterocycles. The van der Waals surface area contributed by atoms with Gasteiger partial charge in [0.25, 0.3) is 0 Å². The van der Waals surface area contributed by atoms with Crippen molar-refractivity contribution in [2.75, 3.05) is 11.6 Å². The Balaban J connectivity index is 2.33. The first-order valence-corrected chi connectivity index (χ1v) is 5.09. The normalized spacial score (nSPS) is 10.6. The lowest BCUT2D eigenvalue weighted by atomic mass is 10.0. The zero-order valence-electron chi connectivity index (χ0n) is 9.44. The Bertz CT molecular complexity index is 515. The highest BCUT2D eigenvalue weighted by atomic mass is 15.4. The smallest absolute Gasteiger partial charge is 0.240 e. The van der Waals surface area contributed by atoms with Crippen molar-refractivity contribution in [1.29, 1.82) is 0 Å². The maximum Gasteiger partial charge on any atom is 0.240 e. The molecule has 16 heavy (non-hydrogen) atoms. The summed E-state index contributed by atoms with van der Waals surface area (Å²) in [6.07, 6.45) is 0.647. The van der Waals surface area contributed by atoms with E-state index in [9.17, 15) is 0 Å². The van der Waals surface area contributed by atoms with Gasteiger partial charge in [0.15, 0.2) is 5.82 Å². The van der Waals surface area contributed by atoms with Gasteiger partial charge in [0, 0.05) is 6.42 Å². The highest BCUT2D eigenvalue weighted by molar-refractivity contribution is 5.33. The van der Waals surface area contributed by atoms with Crippen LogP contribution in [0.1, 0.15) is 22.5 Å². The molecule has 0 atom stereocenters. The lowest BCUT2D eigenvalue weighted by Crippen LogP contribution is -2.16. The second-order valence-electron chi connectivity index (χ2n) is 3.95. The first-order valence-electron chi connectivity index (χ1n) is 5.09. The van der Waals surface area contributed by atoms with Crippen LogP contribution < -0.4 is 11.6 Å². The van der Waals surface area contributed by atoms with Crippen LogP contribution in [0.15, 0.2) is 18.2 Å². The Morgan fingerprint density at radius 2 is 2.00 bits per heavy atom. The number of anilines is 1. The molecule has 2 aromatic rings. The summed E-state index contributed by atoms with van der Waals surface area (Å²) in [5.74, 6) is 6.61. The predicted molar refractivity (Wildman–Crippen MR) is 63.3 cm³/mol. The maximum atomic E-state index is 5.71. The van der Waals surface area contributed by atoms with Crippen molar-refractivity contribution in [3.05, 3.63) is 40.7 Å². The van der Waals surface area contributed by atoms with Gasteiger partial charge in [-0.3, -0.25) is 0 Å². The molecule has 0 aliphatic heterocycles. The van der Waals surface area contributed by atoms with Crippen LogP contribution >= 0.6 is 0 Å². The van der Waals surface area contributed by atoms with E-state index in [0.29, 0.717) is 12.2 Å². The Kier molecular flexibility index (Phi) is 2.52. The van der Waals surface area contributed by atoms with Gasteiger partial charge >= 0.3 is 0 Å². The maximum absolute atomic E-state index is 5.71. The molecule has 5 nitrogen and oxygen atoms in total. The predicted octanol–water partition coefficient (Wildman–Crippen LogP) is 0.782. The van der Waals surface area contributed by atoms with Crippen molar-refractivity contribution >= 4 is 5.95 Å². The fourth-order valence-electron chi connectivity index (χ4n) is 1.62. The number of aromatic nitrogens is 3. The van der Waals surface area contributed by atoms with Crippen LogP contribution in [-0.2, 0) is 6.42 Å². The summed E-state index contributed by atoms with van der Waals surface area (Å²) in [6.45, 7) is 4.12. The van der Waals surface area contributed by atoms with Crippen molar-refractivity contribution in [3.63, 3.8) is 0 Å². The van der Waals surface area contributed by atoms with Crippen LogP contribution in [0.25, 0.3) is 0 Å². The highest BCUT2D eigenvalue weighted by Gasteiger charge is 2.08. The van der Waals surface area contributed by atoms with Gasteiger partial charge in [-0.25, -0.2) is 4.68 Å². The van der Waals surface area contributed by atoms with Crippen LogP contribution in [-0.4, -0.2) is 14.9 Å². The van der Waals surface area contributed by atoms with Crippen LogP contribution in [0.5, 0.6) is 0 Å². The van der Waals surface area contributed by atoms with E-state index in [2.05, 4.69) is 42.2 Å². The number of benzene rings is 1. The van der Waals surface area contributed by atoms with Gasteiger partial charge in [0.05, 0.1) is 0 Å². The quantitative estimate of drug-likeness (QED) is 0.728. The zero-order chi connectivity index (χ0) is 11.7. The average molecular weight is 217 g/mol. The summed E-state index contributed by atoms with van der Waals surface area (Å²) >= 11 is 0. The van der Waals surface area contributed by atoms with Crippen LogP contribution in [0, 0.1) is 13.8 Å². The molecule has 1 aromatic heterocycles. The van der Waals surface area contributed by atoms with E-state index in [-0.39, 0.29) is 5.95 Å². The van der Waals surface area contributed by atoms with Crippen LogP contribution in [0.4, 0.5) is 5.95 Å². The van der Waals surface area contributed by atoms with Crippen molar-refractivity contribution in [1.82, 2.24) is 14.9 Å². The molecule has 0 saturated carbocycles. The van der Waals surface area contributed by atoms with Crippen molar-refractivity contribution in [2.24, 2.45) is 0 Å². The molecule has 0 spiro atoms. The number of nitrogens with two attached hydrogens (primary N) is 2. The van der Waals surface area contributed by atoms with Crippen LogP contribution in [0.3, 0.4) is 0 Å². The molecular weight excluding hydrogens is 202 g/mol. The molecule has 2 rings (SSSR count).